The maximum Gasteiger partial charge on any atom is 0.125 e. The number of nitrogens with zero attached hydrogens (tertiary/aromatic N) is 1. The maximum absolute atomic E-state index is 9.96. The zero-order valence-electron chi connectivity index (χ0n) is 10.6. The van der Waals surface area contributed by atoms with Crippen molar-refractivity contribution in [3.05, 3.63) is 30.0 Å². The van der Waals surface area contributed by atoms with E-state index in [9.17, 15) is 5.11 Å². The second-order valence-electron chi connectivity index (χ2n) is 4.47. The van der Waals surface area contributed by atoms with Gasteiger partial charge in [-0.05, 0) is 32.9 Å². The highest BCUT2D eigenvalue weighted by atomic mass is 16.5. The molecule has 92 valence electrons. The first kappa shape index (κ1) is 12.0. The van der Waals surface area contributed by atoms with Crippen molar-refractivity contribution in [2.45, 2.75) is 40.0 Å². The fraction of sp³-hybridized carbons (Fsp3) is 0.429. The Kier molecular flexibility index (Phi) is 3.38. The molecule has 3 nitrogen and oxygen atoms in total. The van der Waals surface area contributed by atoms with Crippen LogP contribution in [0.15, 0.2) is 24.4 Å². The predicted octanol–water partition coefficient (Wildman–Crippen LogP) is 3.29. The van der Waals surface area contributed by atoms with Crippen LogP contribution >= 0.6 is 0 Å². The monoisotopic (exact) mass is 233 g/mol. The number of ether oxygens (including phenoxy) is 1. The van der Waals surface area contributed by atoms with Crippen LogP contribution in [0.1, 0.15) is 26.3 Å². The first-order valence-corrected chi connectivity index (χ1v) is 6.04. The van der Waals surface area contributed by atoms with Crippen LogP contribution in [0, 0.1) is 0 Å². The third kappa shape index (κ3) is 2.29. The highest BCUT2D eigenvalue weighted by Gasteiger charge is 2.11. The van der Waals surface area contributed by atoms with Gasteiger partial charge in [-0.1, -0.05) is 6.07 Å². The standard InChI is InChI=1S/C14H19NO2/c1-4-15-8-11(9-17-10(2)3)14-12(15)6-5-7-13(14)16/h5-8,10,16H,4,9H2,1-3H3. The van der Waals surface area contributed by atoms with Crippen molar-refractivity contribution in [3.63, 3.8) is 0 Å². The number of fused-ring (bicyclic) bond motifs is 1. The number of aryl methyl sites for hydroxylation is 1. The molecule has 0 aliphatic carbocycles. The predicted molar refractivity (Wildman–Crippen MR) is 69.2 cm³/mol. The van der Waals surface area contributed by atoms with Crippen molar-refractivity contribution in [1.29, 1.82) is 0 Å². The van der Waals surface area contributed by atoms with E-state index in [0.29, 0.717) is 12.4 Å². The van der Waals surface area contributed by atoms with E-state index in [1.807, 2.05) is 26.0 Å². The van der Waals surface area contributed by atoms with Gasteiger partial charge in [0.15, 0.2) is 0 Å². The van der Waals surface area contributed by atoms with E-state index in [0.717, 1.165) is 23.0 Å². The summed E-state index contributed by atoms with van der Waals surface area (Å²) in [6, 6.07) is 5.62. The molecule has 2 aromatic rings. The van der Waals surface area contributed by atoms with Crippen molar-refractivity contribution in [2.75, 3.05) is 0 Å². The summed E-state index contributed by atoms with van der Waals surface area (Å²) < 4.78 is 7.76. The lowest BCUT2D eigenvalue weighted by Crippen LogP contribution is -2.01. The van der Waals surface area contributed by atoms with E-state index >= 15 is 0 Å². The molecule has 1 N–H and O–H groups in total. The minimum Gasteiger partial charge on any atom is -0.507 e. The Balaban J connectivity index is 2.47. The molecule has 0 amide bonds. The van der Waals surface area contributed by atoms with E-state index < -0.39 is 0 Å². The molecular formula is C14H19NO2. The van der Waals surface area contributed by atoms with Crippen LogP contribution in [0.5, 0.6) is 5.75 Å². The number of aromatic hydroxyl groups is 1. The molecule has 0 unspecified atom stereocenters. The first-order chi connectivity index (χ1) is 8.13. The van der Waals surface area contributed by atoms with Gasteiger partial charge in [0.2, 0.25) is 0 Å². The van der Waals surface area contributed by atoms with Gasteiger partial charge in [-0.3, -0.25) is 0 Å². The lowest BCUT2D eigenvalue weighted by Gasteiger charge is -2.06. The summed E-state index contributed by atoms with van der Waals surface area (Å²) in [6.45, 7) is 7.55. The molecule has 17 heavy (non-hydrogen) atoms. The van der Waals surface area contributed by atoms with Gasteiger partial charge >= 0.3 is 0 Å². The highest BCUT2D eigenvalue weighted by Crippen LogP contribution is 2.30. The lowest BCUT2D eigenvalue weighted by molar-refractivity contribution is 0.0663. The van der Waals surface area contributed by atoms with Crippen molar-refractivity contribution < 1.29 is 9.84 Å². The normalized spacial score (nSPS) is 11.5. The van der Waals surface area contributed by atoms with Gasteiger partial charge in [0.05, 0.1) is 18.2 Å². The van der Waals surface area contributed by atoms with Gasteiger partial charge < -0.3 is 14.4 Å². The summed E-state index contributed by atoms with van der Waals surface area (Å²) in [5, 5.41) is 10.9. The number of aromatic nitrogens is 1. The lowest BCUT2D eigenvalue weighted by atomic mass is 10.1. The Morgan fingerprint density at radius 2 is 2.12 bits per heavy atom. The van der Waals surface area contributed by atoms with E-state index in [1.165, 1.54) is 0 Å². The first-order valence-electron chi connectivity index (χ1n) is 6.04. The Labute approximate surface area is 102 Å². The van der Waals surface area contributed by atoms with Crippen molar-refractivity contribution >= 4 is 10.9 Å². The summed E-state index contributed by atoms with van der Waals surface area (Å²) in [5.41, 5.74) is 2.11. The average molecular weight is 233 g/mol. The molecule has 0 bridgehead atoms. The number of rotatable bonds is 4. The topological polar surface area (TPSA) is 34.4 Å². The third-order valence-electron chi connectivity index (χ3n) is 2.88. The minimum absolute atomic E-state index is 0.195. The van der Waals surface area contributed by atoms with E-state index in [-0.39, 0.29) is 6.10 Å². The Morgan fingerprint density at radius 1 is 1.35 bits per heavy atom. The molecule has 3 heteroatoms. The molecule has 0 atom stereocenters. The van der Waals surface area contributed by atoms with Crippen LogP contribution in [-0.2, 0) is 17.9 Å². The third-order valence-corrected chi connectivity index (χ3v) is 2.88. The van der Waals surface area contributed by atoms with Gasteiger partial charge in [-0.25, -0.2) is 0 Å². The molecule has 1 aromatic carbocycles. The molecule has 1 heterocycles. The Morgan fingerprint density at radius 3 is 2.76 bits per heavy atom. The summed E-state index contributed by atoms with van der Waals surface area (Å²) in [6.07, 6.45) is 2.26. The van der Waals surface area contributed by atoms with Crippen LogP contribution in [-0.4, -0.2) is 15.8 Å². The Bertz CT molecular complexity index is 514. The van der Waals surface area contributed by atoms with Gasteiger partial charge in [-0.15, -0.1) is 0 Å². The van der Waals surface area contributed by atoms with Crippen LogP contribution in [0.25, 0.3) is 10.9 Å². The summed E-state index contributed by atoms with van der Waals surface area (Å²) in [4.78, 5) is 0. The zero-order chi connectivity index (χ0) is 12.4. The van der Waals surface area contributed by atoms with Gasteiger partial charge in [0, 0.05) is 23.7 Å². The van der Waals surface area contributed by atoms with Gasteiger partial charge in [0.1, 0.15) is 5.75 Å². The highest BCUT2D eigenvalue weighted by molar-refractivity contribution is 5.89. The smallest absolute Gasteiger partial charge is 0.125 e. The van der Waals surface area contributed by atoms with Crippen molar-refractivity contribution in [1.82, 2.24) is 4.57 Å². The second kappa shape index (κ2) is 4.80. The molecule has 0 fully saturated rings. The number of hydrogen-bond donors (Lipinski definition) is 1. The molecule has 1 aromatic heterocycles. The molecule has 0 aliphatic rings. The molecule has 0 spiro atoms. The number of hydrogen-bond acceptors (Lipinski definition) is 2. The quantitative estimate of drug-likeness (QED) is 0.879. The second-order valence-corrected chi connectivity index (χ2v) is 4.47. The van der Waals surface area contributed by atoms with Crippen molar-refractivity contribution in [2.24, 2.45) is 0 Å². The fourth-order valence-electron chi connectivity index (χ4n) is 2.05. The molecular weight excluding hydrogens is 214 g/mol. The zero-order valence-corrected chi connectivity index (χ0v) is 10.6. The van der Waals surface area contributed by atoms with Gasteiger partial charge in [0.25, 0.3) is 0 Å². The number of phenolic OH excluding ortho intramolecular Hbond substituents is 1. The van der Waals surface area contributed by atoms with Crippen molar-refractivity contribution in [3.8, 4) is 5.75 Å². The van der Waals surface area contributed by atoms with Crippen LogP contribution < -0.4 is 0 Å². The fourth-order valence-corrected chi connectivity index (χ4v) is 2.05. The van der Waals surface area contributed by atoms with Crippen LogP contribution in [0.2, 0.25) is 0 Å². The largest absolute Gasteiger partial charge is 0.507 e. The summed E-state index contributed by atoms with van der Waals surface area (Å²) in [5.74, 6) is 0.331. The Hall–Kier alpha value is -1.48. The van der Waals surface area contributed by atoms with Crippen LogP contribution in [0.3, 0.4) is 0 Å². The number of phenols is 1. The molecule has 0 saturated heterocycles. The van der Waals surface area contributed by atoms with E-state index in [4.69, 9.17) is 4.74 Å². The van der Waals surface area contributed by atoms with Gasteiger partial charge in [-0.2, -0.15) is 0 Å². The average Bonchev–Trinajstić information content (AvgIpc) is 2.66. The minimum atomic E-state index is 0.195. The van der Waals surface area contributed by atoms with E-state index in [1.54, 1.807) is 6.07 Å². The summed E-state index contributed by atoms with van der Waals surface area (Å²) >= 11 is 0. The molecule has 0 radical (unpaired) electrons. The molecule has 0 aliphatic heterocycles. The van der Waals surface area contributed by atoms with E-state index in [2.05, 4.69) is 17.7 Å². The van der Waals surface area contributed by atoms with Crippen LogP contribution in [0.4, 0.5) is 0 Å². The molecule has 0 saturated carbocycles. The maximum atomic E-state index is 9.96. The summed E-state index contributed by atoms with van der Waals surface area (Å²) in [7, 11) is 0. The number of benzene rings is 1. The SMILES string of the molecule is CCn1cc(COC(C)C)c2c(O)cccc21. The molecule has 2 rings (SSSR count).